The van der Waals surface area contributed by atoms with Gasteiger partial charge in [0.05, 0.1) is 0 Å². The third-order valence-electron chi connectivity index (χ3n) is 5.39. The van der Waals surface area contributed by atoms with Gasteiger partial charge >= 0.3 is 0 Å². The maximum atomic E-state index is 4.30. The summed E-state index contributed by atoms with van der Waals surface area (Å²) in [5, 5.41) is 9.09. The highest BCUT2D eigenvalue weighted by Crippen LogP contribution is 2.33. The minimum absolute atomic E-state index is 0.662. The van der Waals surface area contributed by atoms with Gasteiger partial charge in [0.2, 0.25) is 0 Å². The van der Waals surface area contributed by atoms with Crippen molar-refractivity contribution in [2.45, 2.75) is 25.7 Å². The minimum atomic E-state index is 0.662. The van der Waals surface area contributed by atoms with E-state index in [2.05, 4.69) is 57.8 Å². The highest BCUT2D eigenvalue weighted by atomic mass is 15.3. The van der Waals surface area contributed by atoms with Gasteiger partial charge in [-0.2, -0.15) is 5.10 Å². The monoisotopic (exact) mass is 331 g/mol. The van der Waals surface area contributed by atoms with Crippen molar-refractivity contribution >= 4 is 16.6 Å². The van der Waals surface area contributed by atoms with Crippen molar-refractivity contribution in [1.29, 1.82) is 0 Å². The molecule has 0 bridgehead atoms. The molecule has 0 aliphatic carbocycles. The van der Waals surface area contributed by atoms with Crippen LogP contribution in [0.25, 0.3) is 27.7 Å². The molecule has 2 N–H and O–H groups in total. The lowest BCUT2D eigenvalue weighted by Crippen LogP contribution is -2.26. The van der Waals surface area contributed by atoms with Crippen molar-refractivity contribution in [3.05, 3.63) is 54.1 Å². The zero-order valence-electron chi connectivity index (χ0n) is 14.3. The summed E-state index contributed by atoms with van der Waals surface area (Å²) >= 11 is 0. The lowest BCUT2D eigenvalue weighted by atomic mass is 9.89. The van der Waals surface area contributed by atoms with E-state index in [-0.39, 0.29) is 0 Å². The Hall–Kier alpha value is -2.66. The highest BCUT2D eigenvalue weighted by molar-refractivity contribution is 5.88. The van der Waals surface area contributed by atoms with Crippen LogP contribution in [0.2, 0.25) is 0 Å². The van der Waals surface area contributed by atoms with E-state index in [4.69, 9.17) is 0 Å². The Morgan fingerprint density at radius 2 is 2.00 bits per heavy atom. The van der Waals surface area contributed by atoms with Crippen LogP contribution in [0.3, 0.4) is 0 Å². The molecule has 126 valence electrons. The summed E-state index contributed by atoms with van der Waals surface area (Å²) in [4.78, 5) is 7.79. The molecule has 1 fully saturated rings. The van der Waals surface area contributed by atoms with Gasteiger partial charge in [-0.05, 0) is 67.6 Å². The first-order valence-electron chi connectivity index (χ1n) is 8.92. The summed E-state index contributed by atoms with van der Waals surface area (Å²) in [6, 6.07) is 8.91. The summed E-state index contributed by atoms with van der Waals surface area (Å²) in [6.07, 6.45) is 8.29. The number of pyridine rings is 1. The molecular weight excluding hydrogens is 310 g/mol. The smallest absolute Gasteiger partial charge is 0.158 e. The Morgan fingerprint density at radius 1 is 1.12 bits per heavy atom. The fourth-order valence-corrected chi connectivity index (χ4v) is 4.05. The number of aryl methyl sites for hydroxylation is 1. The van der Waals surface area contributed by atoms with E-state index in [1.807, 2.05) is 10.7 Å². The largest absolute Gasteiger partial charge is 0.361 e. The number of aromatic nitrogens is 4. The van der Waals surface area contributed by atoms with Crippen LogP contribution in [0.15, 0.2) is 43.0 Å². The first kappa shape index (κ1) is 14.7. The maximum Gasteiger partial charge on any atom is 0.158 e. The Kier molecular flexibility index (Phi) is 3.35. The minimum Gasteiger partial charge on any atom is -0.361 e. The molecule has 0 unspecified atom stereocenters. The molecule has 3 aromatic heterocycles. The molecular formula is C20H21N5. The third kappa shape index (κ3) is 2.43. The number of hydrogen-bond acceptors (Lipinski definition) is 3. The topological polar surface area (TPSA) is 58.0 Å². The van der Waals surface area contributed by atoms with Gasteiger partial charge in [0.15, 0.2) is 5.65 Å². The van der Waals surface area contributed by atoms with Crippen LogP contribution >= 0.6 is 0 Å². The Morgan fingerprint density at radius 3 is 2.88 bits per heavy atom. The van der Waals surface area contributed by atoms with Crippen LogP contribution < -0.4 is 5.32 Å². The number of H-pyrrole nitrogens is 1. The number of hydrogen-bond donors (Lipinski definition) is 2. The van der Waals surface area contributed by atoms with Gasteiger partial charge in [-0.25, -0.2) is 9.50 Å². The van der Waals surface area contributed by atoms with Crippen LogP contribution in [0, 0.1) is 6.92 Å². The fraction of sp³-hybridized carbons (Fsp3) is 0.300. The predicted octanol–water partition coefficient (Wildman–Crippen LogP) is 3.65. The van der Waals surface area contributed by atoms with Gasteiger partial charge in [0.25, 0.3) is 0 Å². The Labute approximate surface area is 146 Å². The van der Waals surface area contributed by atoms with Gasteiger partial charge in [0, 0.05) is 28.9 Å². The van der Waals surface area contributed by atoms with E-state index in [1.165, 1.54) is 34.9 Å². The van der Waals surface area contributed by atoms with Crippen LogP contribution in [-0.4, -0.2) is 32.7 Å². The molecule has 1 aliphatic heterocycles. The van der Waals surface area contributed by atoms with Crippen molar-refractivity contribution in [3.63, 3.8) is 0 Å². The van der Waals surface area contributed by atoms with Crippen LogP contribution in [0.1, 0.15) is 29.9 Å². The van der Waals surface area contributed by atoms with Crippen molar-refractivity contribution < 1.29 is 0 Å². The quantitative estimate of drug-likeness (QED) is 0.589. The van der Waals surface area contributed by atoms with Crippen molar-refractivity contribution in [2.75, 3.05) is 13.1 Å². The number of nitrogens with zero attached hydrogens (tertiary/aromatic N) is 3. The molecule has 4 aromatic rings. The molecule has 0 saturated carbocycles. The molecule has 1 aromatic carbocycles. The first-order valence-corrected chi connectivity index (χ1v) is 8.92. The van der Waals surface area contributed by atoms with E-state index >= 15 is 0 Å². The second-order valence-corrected chi connectivity index (χ2v) is 6.97. The number of piperidine rings is 1. The molecule has 5 rings (SSSR count). The number of fused-ring (bicyclic) bond motifs is 2. The molecule has 5 heteroatoms. The summed E-state index contributed by atoms with van der Waals surface area (Å²) in [5.41, 5.74) is 7.09. The summed E-state index contributed by atoms with van der Waals surface area (Å²) in [6.45, 7) is 4.31. The number of aromatic amines is 1. The van der Waals surface area contributed by atoms with Crippen molar-refractivity contribution in [2.24, 2.45) is 0 Å². The lowest BCUT2D eigenvalue weighted by molar-refractivity contribution is 0.462. The average Bonchev–Trinajstić information content (AvgIpc) is 3.29. The molecule has 1 saturated heterocycles. The number of rotatable bonds is 2. The van der Waals surface area contributed by atoms with Crippen molar-refractivity contribution in [3.8, 4) is 11.1 Å². The van der Waals surface area contributed by atoms with E-state index in [1.54, 1.807) is 6.33 Å². The molecule has 5 nitrogen and oxygen atoms in total. The summed E-state index contributed by atoms with van der Waals surface area (Å²) in [5.74, 6) is 0.662. The van der Waals surface area contributed by atoms with Crippen molar-refractivity contribution in [1.82, 2.24) is 24.9 Å². The predicted molar refractivity (Wildman–Crippen MR) is 99.9 cm³/mol. The third-order valence-corrected chi connectivity index (χ3v) is 5.39. The molecule has 25 heavy (non-hydrogen) atoms. The van der Waals surface area contributed by atoms with Gasteiger partial charge in [-0.3, -0.25) is 0 Å². The normalized spacial score (nSPS) is 16.0. The van der Waals surface area contributed by atoms with Gasteiger partial charge in [-0.15, -0.1) is 0 Å². The summed E-state index contributed by atoms with van der Waals surface area (Å²) in [7, 11) is 0. The number of nitrogens with one attached hydrogen (secondary N) is 2. The van der Waals surface area contributed by atoms with Crippen LogP contribution in [0.5, 0.6) is 0 Å². The lowest BCUT2D eigenvalue weighted by Gasteiger charge is -2.22. The molecule has 0 radical (unpaired) electrons. The second-order valence-electron chi connectivity index (χ2n) is 6.97. The Bertz CT molecular complexity index is 1050. The SMILES string of the molecule is Cc1cc(-c2ccc3c(C4CCNCC4)c[nH]c3c2)cn2ncnc12. The van der Waals surface area contributed by atoms with E-state index in [0.717, 1.165) is 29.9 Å². The van der Waals surface area contributed by atoms with Gasteiger partial charge < -0.3 is 10.3 Å². The van der Waals surface area contributed by atoms with E-state index in [9.17, 15) is 0 Å². The highest BCUT2D eigenvalue weighted by Gasteiger charge is 2.18. The van der Waals surface area contributed by atoms with Crippen LogP contribution in [-0.2, 0) is 0 Å². The van der Waals surface area contributed by atoms with Crippen LogP contribution in [0.4, 0.5) is 0 Å². The fourth-order valence-electron chi connectivity index (χ4n) is 4.05. The zero-order valence-corrected chi connectivity index (χ0v) is 14.3. The number of benzene rings is 1. The zero-order chi connectivity index (χ0) is 16.8. The Balaban J connectivity index is 1.58. The summed E-state index contributed by atoms with van der Waals surface area (Å²) < 4.78 is 1.85. The first-order chi connectivity index (χ1) is 12.3. The molecule has 0 atom stereocenters. The molecule has 1 aliphatic rings. The van der Waals surface area contributed by atoms with Gasteiger partial charge in [-0.1, -0.05) is 12.1 Å². The maximum absolute atomic E-state index is 4.30. The molecule has 0 spiro atoms. The van der Waals surface area contributed by atoms with E-state index in [0.29, 0.717) is 5.92 Å². The average molecular weight is 331 g/mol. The second kappa shape index (κ2) is 5.70. The van der Waals surface area contributed by atoms with E-state index < -0.39 is 0 Å². The molecule has 0 amide bonds. The van der Waals surface area contributed by atoms with Gasteiger partial charge in [0.1, 0.15) is 6.33 Å². The molecule has 4 heterocycles. The standard InChI is InChI=1S/C20H21N5/c1-13-8-16(11-25-20(13)23-12-24-25)15-2-3-17-18(10-22-19(17)9-15)14-4-6-21-7-5-14/h2-3,8-12,14,21-22H,4-7H2,1H3.